The van der Waals surface area contributed by atoms with Crippen LogP contribution in [-0.2, 0) is 9.84 Å². The summed E-state index contributed by atoms with van der Waals surface area (Å²) >= 11 is 0. The van der Waals surface area contributed by atoms with Crippen LogP contribution in [0.2, 0.25) is 0 Å². The number of allylic oxidation sites excluding steroid dienone is 2. The Labute approximate surface area is 142 Å². The van der Waals surface area contributed by atoms with Gasteiger partial charge in [0.2, 0.25) is 9.84 Å². The highest BCUT2D eigenvalue weighted by Gasteiger charge is 2.31. The molecular weight excluding hydrogens is 324 g/mol. The van der Waals surface area contributed by atoms with E-state index in [1.54, 1.807) is 24.3 Å². The largest absolute Gasteiger partial charge is 0.259 e. The molecule has 0 aliphatic carbocycles. The third-order valence-corrected chi connectivity index (χ3v) is 6.00. The summed E-state index contributed by atoms with van der Waals surface area (Å²) in [5.41, 5.74) is 1.000. The van der Waals surface area contributed by atoms with E-state index < -0.39 is 9.84 Å². The standard InChI is InChI=1S/C17H20N4O2S/c1-4-13(5-2)16(15(10-18)17-19-11-20-21-17)24(22,23)14-8-6-12(3)7-9-14/h6-9,11,13H,4-5H2,1-3H3,(H,19,20,21). The minimum Gasteiger partial charge on any atom is -0.259 e. The van der Waals surface area contributed by atoms with E-state index in [2.05, 4.69) is 15.2 Å². The van der Waals surface area contributed by atoms with Crippen LogP contribution in [-0.4, -0.2) is 23.6 Å². The lowest BCUT2D eigenvalue weighted by Crippen LogP contribution is -2.16. The van der Waals surface area contributed by atoms with Gasteiger partial charge in [-0.2, -0.15) is 10.4 Å². The highest BCUT2D eigenvalue weighted by atomic mass is 32.2. The molecular formula is C17H20N4O2S. The third kappa shape index (κ3) is 3.39. The van der Waals surface area contributed by atoms with Gasteiger partial charge in [0.15, 0.2) is 5.82 Å². The van der Waals surface area contributed by atoms with Gasteiger partial charge in [0.25, 0.3) is 0 Å². The molecule has 1 N–H and O–H groups in total. The molecule has 0 atom stereocenters. The molecule has 6 nitrogen and oxygen atoms in total. The van der Waals surface area contributed by atoms with E-state index in [9.17, 15) is 13.7 Å². The number of aromatic nitrogens is 3. The minimum atomic E-state index is -3.81. The molecule has 24 heavy (non-hydrogen) atoms. The van der Waals surface area contributed by atoms with Gasteiger partial charge in [-0.15, -0.1) is 0 Å². The van der Waals surface area contributed by atoms with Crippen molar-refractivity contribution in [3.63, 3.8) is 0 Å². The Morgan fingerprint density at radius 1 is 1.25 bits per heavy atom. The van der Waals surface area contributed by atoms with E-state index >= 15 is 0 Å². The predicted octanol–water partition coefficient (Wildman–Crippen LogP) is 3.26. The topological polar surface area (TPSA) is 99.5 Å². The maximum absolute atomic E-state index is 13.2. The van der Waals surface area contributed by atoms with Gasteiger partial charge in [0, 0.05) is 0 Å². The van der Waals surface area contributed by atoms with Crippen LogP contribution < -0.4 is 0 Å². The SMILES string of the molecule is CCC(CC)C(=C(C#N)c1ncn[nH]1)S(=O)(=O)c1ccc(C)cc1. The Bertz CT molecular complexity index is 856. The van der Waals surface area contributed by atoms with Crippen molar-refractivity contribution in [3.05, 3.63) is 46.9 Å². The summed E-state index contributed by atoms with van der Waals surface area (Å²) in [4.78, 5) is 4.26. The maximum atomic E-state index is 13.2. The first-order valence-corrected chi connectivity index (χ1v) is 9.25. The van der Waals surface area contributed by atoms with Crippen molar-refractivity contribution in [3.8, 4) is 6.07 Å². The number of sulfone groups is 1. The smallest absolute Gasteiger partial charge is 0.204 e. The fourth-order valence-electron chi connectivity index (χ4n) is 2.61. The van der Waals surface area contributed by atoms with Gasteiger partial charge in [-0.05, 0) is 37.8 Å². The van der Waals surface area contributed by atoms with Crippen LogP contribution in [0.25, 0.3) is 5.57 Å². The first kappa shape index (κ1) is 17.9. The Balaban J connectivity index is 2.76. The molecule has 2 aromatic rings. The molecule has 0 aliphatic rings. The van der Waals surface area contributed by atoms with Crippen LogP contribution in [0.5, 0.6) is 0 Å². The number of H-pyrrole nitrogens is 1. The molecule has 2 rings (SSSR count). The lowest BCUT2D eigenvalue weighted by atomic mass is 9.99. The van der Waals surface area contributed by atoms with Gasteiger partial charge in [-0.25, -0.2) is 13.4 Å². The summed E-state index contributed by atoms with van der Waals surface area (Å²) in [7, 11) is -3.81. The summed E-state index contributed by atoms with van der Waals surface area (Å²) in [5.74, 6) is -0.0915. The number of hydrogen-bond donors (Lipinski definition) is 1. The molecule has 0 saturated heterocycles. The van der Waals surface area contributed by atoms with Crippen LogP contribution in [0, 0.1) is 24.2 Å². The summed E-state index contributed by atoms with van der Waals surface area (Å²) in [6, 6.07) is 8.65. The fraction of sp³-hybridized carbons (Fsp3) is 0.353. The summed E-state index contributed by atoms with van der Waals surface area (Å²) in [6.45, 7) is 5.71. The first-order chi connectivity index (χ1) is 11.5. The van der Waals surface area contributed by atoms with Crippen molar-refractivity contribution in [2.75, 3.05) is 0 Å². The highest BCUT2D eigenvalue weighted by molar-refractivity contribution is 7.95. The van der Waals surface area contributed by atoms with Crippen LogP contribution in [0.4, 0.5) is 0 Å². The number of aryl methyl sites for hydroxylation is 1. The lowest BCUT2D eigenvalue weighted by molar-refractivity contribution is 0.563. The fourth-order valence-corrected chi connectivity index (χ4v) is 4.54. The summed E-state index contributed by atoms with van der Waals surface area (Å²) in [6.07, 6.45) is 2.47. The van der Waals surface area contributed by atoms with Crippen LogP contribution >= 0.6 is 0 Å². The molecule has 0 fully saturated rings. The van der Waals surface area contributed by atoms with Crippen LogP contribution in [0.15, 0.2) is 40.4 Å². The van der Waals surface area contributed by atoms with E-state index in [4.69, 9.17) is 0 Å². The predicted molar refractivity (Wildman–Crippen MR) is 91.4 cm³/mol. The van der Waals surface area contributed by atoms with E-state index in [0.29, 0.717) is 12.8 Å². The molecule has 0 aliphatic heterocycles. The van der Waals surface area contributed by atoms with Crippen molar-refractivity contribution < 1.29 is 8.42 Å². The molecule has 7 heteroatoms. The zero-order valence-corrected chi connectivity index (χ0v) is 14.8. The molecule has 1 heterocycles. The van der Waals surface area contributed by atoms with Crippen molar-refractivity contribution in [1.29, 1.82) is 5.26 Å². The Morgan fingerprint density at radius 3 is 2.33 bits per heavy atom. The van der Waals surface area contributed by atoms with E-state index in [1.165, 1.54) is 6.33 Å². The maximum Gasteiger partial charge on any atom is 0.204 e. The van der Waals surface area contributed by atoms with Gasteiger partial charge in [-0.1, -0.05) is 31.5 Å². The molecule has 0 radical (unpaired) electrons. The molecule has 0 amide bonds. The molecule has 0 saturated carbocycles. The number of nitrogens with one attached hydrogen (secondary N) is 1. The van der Waals surface area contributed by atoms with E-state index in [1.807, 2.05) is 26.8 Å². The number of nitrogens with zero attached hydrogens (tertiary/aromatic N) is 3. The van der Waals surface area contributed by atoms with E-state index in [-0.39, 0.29) is 27.1 Å². The van der Waals surface area contributed by atoms with Gasteiger partial charge >= 0.3 is 0 Å². The molecule has 126 valence electrons. The highest BCUT2D eigenvalue weighted by Crippen LogP contribution is 2.34. The van der Waals surface area contributed by atoms with Crippen molar-refractivity contribution >= 4 is 15.4 Å². The Morgan fingerprint density at radius 2 is 1.88 bits per heavy atom. The average molecular weight is 344 g/mol. The van der Waals surface area contributed by atoms with E-state index in [0.717, 1.165) is 5.56 Å². The molecule has 0 unspecified atom stereocenters. The zero-order valence-electron chi connectivity index (χ0n) is 13.9. The summed E-state index contributed by atoms with van der Waals surface area (Å²) < 4.78 is 26.5. The second-order valence-corrected chi connectivity index (χ2v) is 7.43. The molecule has 1 aromatic heterocycles. The number of aromatic amines is 1. The van der Waals surface area contributed by atoms with Gasteiger partial charge < -0.3 is 0 Å². The van der Waals surface area contributed by atoms with Gasteiger partial charge in [0.05, 0.1) is 9.80 Å². The van der Waals surface area contributed by atoms with Gasteiger partial charge in [0.1, 0.15) is 18.0 Å². The van der Waals surface area contributed by atoms with Crippen LogP contribution in [0.3, 0.4) is 0 Å². The number of rotatable bonds is 6. The second kappa shape index (κ2) is 7.41. The zero-order chi connectivity index (χ0) is 17.7. The number of nitriles is 1. The van der Waals surface area contributed by atoms with Crippen LogP contribution in [0.1, 0.15) is 38.1 Å². The quantitative estimate of drug-likeness (QED) is 0.811. The van der Waals surface area contributed by atoms with Crippen molar-refractivity contribution in [2.45, 2.75) is 38.5 Å². The average Bonchev–Trinajstić information content (AvgIpc) is 3.10. The minimum absolute atomic E-state index is 0.0294. The third-order valence-electron chi connectivity index (χ3n) is 3.99. The summed E-state index contributed by atoms with van der Waals surface area (Å²) in [5, 5.41) is 15.9. The monoisotopic (exact) mass is 344 g/mol. The van der Waals surface area contributed by atoms with Crippen molar-refractivity contribution in [1.82, 2.24) is 15.2 Å². The first-order valence-electron chi connectivity index (χ1n) is 7.77. The number of hydrogen-bond acceptors (Lipinski definition) is 5. The molecule has 1 aromatic carbocycles. The number of benzene rings is 1. The van der Waals surface area contributed by atoms with Gasteiger partial charge in [-0.3, -0.25) is 5.10 Å². The molecule has 0 bridgehead atoms. The van der Waals surface area contributed by atoms with Crippen molar-refractivity contribution in [2.24, 2.45) is 5.92 Å². The second-order valence-electron chi connectivity index (χ2n) is 5.52. The lowest BCUT2D eigenvalue weighted by Gasteiger charge is -2.19. The molecule has 0 spiro atoms. The Hall–Kier alpha value is -2.46. The Kier molecular flexibility index (Phi) is 5.52. The normalized spacial score (nSPS) is 12.8.